The first-order valence-electron chi connectivity index (χ1n) is 10.5. The lowest BCUT2D eigenvalue weighted by atomic mass is 9.86. The van der Waals surface area contributed by atoms with Gasteiger partial charge in [0.15, 0.2) is 6.10 Å². The van der Waals surface area contributed by atoms with E-state index < -0.39 is 12.1 Å². The zero-order chi connectivity index (χ0) is 19.9. The van der Waals surface area contributed by atoms with Crippen molar-refractivity contribution < 1.29 is 24.0 Å². The van der Waals surface area contributed by atoms with Crippen molar-refractivity contribution in [3.05, 3.63) is 35.4 Å². The second-order valence-electron chi connectivity index (χ2n) is 8.16. The first-order valence-corrected chi connectivity index (χ1v) is 10.5. The standard InChI is InChI=1S/C22H32N2O4/c1-16-5-3-4-6-20(16)23-21(25)17(2)28-22(26)19-9-7-18(8-10-19)15-24-11-13-27-14-12-24/h7-10,16-17,20H,3-6,11-15H2,1-2H3,(H,23,25)/p+1/t16-,17+,20-/m0/s1. The van der Waals surface area contributed by atoms with Crippen LogP contribution in [0, 0.1) is 5.92 Å². The highest BCUT2D eigenvalue weighted by molar-refractivity contribution is 5.92. The molecule has 0 aromatic heterocycles. The third kappa shape index (κ3) is 5.79. The van der Waals surface area contributed by atoms with Crippen molar-refractivity contribution in [3.63, 3.8) is 0 Å². The monoisotopic (exact) mass is 389 g/mol. The summed E-state index contributed by atoms with van der Waals surface area (Å²) in [6.07, 6.45) is 3.71. The Hall–Kier alpha value is -1.92. The number of hydrogen-bond acceptors (Lipinski definition) is 4. The summed E-state index contributed by atoms with van der Waals surface area (Å²) in [4.78, 5) is 26.3. The third-order valence-electron chi connectivity index (χ3n) is 5.94. The topological polar surface area (TPSA) is 69.1 Å². The molecular weight excluding hydrogens is 356 g/mol. The van der Waals surface area contributed by atoms with E-state index in [-0.39, 0.29) is 11.9 Å². The van der Waals surface area contributed by atoms with Crippen molar-refractivity contribution in [2.75, 3.05) is 26.3 Å². The van der Waals surface area contributed by atoms with Gasteiger partial charge < -0.3 is 19.7 Å². The Bertz CT molecular complexity index is 655. The summed E-state index contributed by atoms with van der Waals surface area (Å²) in [6, 6.07) is 7.68. The molecule has 2 aliphatic rings. The Morgan fingerprint density at radius 1 is 1.18 bits per heavy atom. The number of carbonyl (C=O) groups excluding carboxylic acids is 2. The number of nitrogens with one attached hydrogen (secondary N) is 2. The average Bonchev–Trinajstić information content (AvgIpc) is 2.71. The van der Waals surface area contributed by atoms with Crippen molar-refractivity contribution in [2.24, 2.45) is 5.92 Å². The van der Waals surface area contributed by atoms with Crippen LogP contribution >= 0.6 is 0 Å². The lowest BCUT2D eigenvalue weighted by molar-refractivity contribution is -0.921. The van der Waals surface area contributed by atoms with Crippen LogP contribution in [0.3, 0.4) is 0 Å². The van der Waals surface area contributed by atoms with Gasteiger partial charge in [0.1, 0.15) is 19.6 Å². The maximum Gasteiger partial charge on any atom is 0.338 e. The maximum absolute atomic E-state index is 12.4. The molecule has 2 N–H and O–H groups in total. The van der Waals surface area contributed by atoms with Crippen LogP contribution in [0.5, 0.6) is 0 Å². The van der Waals surface area contributed by atoms with Crippen LogP contribution in [0.1, 0.15) is 55.5 Å². The van der Waals surface area contributed by atoms with Crippen LogP contribution in [-0.2, 0) is 20.8 Å². The molecule has 0 spiro atoms. The SMILES string of the molecule is C[C@@H](OC(=O)c1ccc(C[NH+]2CCOCC2)cc1)C(=O)N[C@H]1CCCC[C@@H]1C. The molecule has 0 radical (unpaired) electrons. The molecule has 6 nitrogen and oxygen atoms in total. The highest BCUT2D eigenvalue weighted by atomic mass is 16.5. The van der Waals surface area contributed by atoms with Gasteiger partial charge in [-0.3, -0.25) is 4.79 Å². The number of morpholine rings is 1. The number of ether oxygens (including phenoxy) is 2. The lowest BCUT2D eigenvalue weighted by Crippen LogP contribution is -3.12. The first kappa shape index (κ1) is 20.8. The van der Waals surface area contributed by atoms with Crippen molar-refractivity contribution in [1.29, 1.82) is 0 Å². The van der Waals surface area contributed by atoms with E-state index in [0.29, 0.717) is 11.5 Å². The fourth-order valence-electron chi connectivity index (χ4n) is 4.00. The second kappa shape index (κ2) is 10.0. The van der Waals surface area contributed by atoms with Gasteiger partial charge in [0.25, 0.3) is 5.91 Å². The Balaban J connectivity index is 1.48. The minimum absolute atomic E-state index is 0.185. The van der Waals surface area contributed by atoms with E-state index in [2.05, 4.69) is 12.2 Å². The Morgan fingerprint density at radius 3 is 2.54 bits per heavy atom. The molecule has 1 saturated heterocycles. The molecule has 3 rings (SSSR count). The zero-order valence-corrected chi connectivity index (χ0v) is 17.0. The van der Waals surface area contributed by atoms with Crippen molar-refractivity contribution in [3.8, 4) is 0 Å². The van der Waals surface area contributed by atoms with Gasteiger partial charge in [-0.15, -0.1) is 0 Å². The number of quaternary nitrogens is 1. The molecule has 0 unspecified atom stereocenters. The summed E-state index contributed by atoms with van der Waals surface area (Å²) in [7, 11) is 0. The van der Waals surface area contributed by atoms with E-state index in [1.807, 2.05) is 12.1 Å². The minimum Gasteiger partial charge on any atom is -0.449 e. The van der Waals surface area contributed by atoms with Gasteiger partial charge in [0.2, 0.25) is 0 Å². The molecule has 6 heteroatoms. The van der Waals surface area contributed by atoms with Gasteiger partial charge in [0.05, 0.1) is 18.8 Å². The van der Waals surface area contributed by atoms with E-state index in [0.717, 1.165) is 52.1 Å². The number of carbonyl (C=O) groups is 2. The smallest absolute Gasteiger partial charge is 0.338 e. The number of esters is 1. The van der Waals surface area contributed by atoms with Crippen LogP contribution in [0.4, 0.5) is 0 Å². The van der Waals surface area contributed by atoms with E-state index >= 15 is 0 Å². The summed E-state index contributed by atoms with van der Waals surface area (Å²) < 4.78 is 10.8. The van der Waals surface area contributed by atoms with E-state index in [1.54, 1.807) is 19.1 Å². The Labute approximate surface area is 167 Å². The van der Waals surface area contributed by atoms with Gasteiger partial charge in [-0.1, -0.05) is 31.9 Å². The summed E-state index contributed by atoms with van der Waals surface area (Å²) in [6.45, 7) is 8.36. The van der Waals surface area contributed by atoms with Gasteiger partial charge in [-0.2, -0.15) is 0 Å². The predicted octanol–water partition coefficient (Wildman–Crippen LogP) is 1.34. The highest BCUT2D eigenvalue weighted by Gasteiger charge is 2.26. The highest BCUT2D eigenvalue weighted by Crippen LogP contribution is 2.23. The predicted molar refractivity (Wildman–Crippen MR) is 106 cm³/mol. The summed E-state index contributed by atoms with van der Waals surface area (Å²) >= 11 is 0. The Morgan fingerprint density at radius 2 is 1.86 bits per heavy atom. The fraction of sp³-hybridized carbons (Fsp3) is 0.636. The summed E-state index contributed by atoms with van der Waals surface area (Å²) in [5.74, 6) is -0.189. The molecule has 0 bridgehead atoms. The minimum atomic E-state index is -0.793. The fourth-order valence-corrected chi connectivity index (χ4v) is 4.00. The number of amides is 1. The summed E-state index contributed by atoms with van der Waals surface area (Å²) in [5, 5.41) is 3.05. The molecule has 1 amide bonds. The zero-order valence-electron chi connectivity index (χ0n) is 17.0. The quantitative estimate of drug-likeness (QED) is 0.721. The molecule has 3 atom stereocenters. The summed E-state index contributed by atoms with van der Waals surface area (Å²) in [5.41, 5.74) is 1.66. The van der Waals surface area contributed by atoms with E-state index in [1.165, 1.54) is 16.9 Å². The molecule has 1 aliphatic carbocycles. The molecule has 1 aliphatic heterocycles. The average molecular weight is 390 g/mol. The van der Waals surface area contributed by atoms with E-state index in [9.17, 15) is 9.59 Å². The third-order valence-corrected chi connectivity index (χ3v) is 5.94. The van der Waals surface area contributed by atoms with Gasteiger partial charge >= 0.3 is 5.97 Å². The Kier molecular flexibility index (Phi) is 7.45. The van der Waals surface area contributed by atoms with Gasteiger partial charge in [-0.05, 0) is 37.8 Å². The van der Waals surface area contributed by atoms with Crippen LogP contribution < -0.4 is 10.2 Å². The molecule has 154 valence electrons. The normalized spacial score (nSPS) is 24.4. The molecule has 1 saturated carbocycles. The number of benzene rings is 1. The maximum atomic E-state index is 12.4. The van der Waals surface area contributed by atoms with Gasteiger partial charge in [0, 0.05) is 11.6 Å². The van der Waals surface area contributed by atoms with Crippen molar-refractivity contribution >= 4 is 11.9 Å². The number of rotatable bonds is 6. The number of hydrogen-bond donors (Lipinski definition) is 2. The van der Waals surface area contributed by atoms with Crippen LogP contribution in [-0.4, -0.2) is 50.3 Å². The second-order valence-corrected chi connectivity index (χ2v) is 8.16. The van der Waals surface area contributed by atoms with Crippen LogP contribution in [0.25, 0.3) is 0 Å². The van der Waals surface area contributed by atoms with Gasteiger partial charge in [-0.25, -0.2) is 4.79 Å². The van der Waals surface area contributed by atoms with E-state index in [4.69, 9.17) is 9.47 Å². The molecule has 28 heavy (non-hydrogen) atoms. The van der Waals surface area contributed by atoms with Crippen molar-refractivity contribution in [2.45, 2.75) is 58.2 Å². The lowest BCUT2D eigenvalue weighted by Gasteiger charge is -2.30. The first-order chi connectivity index (χ1) is 13.5. The van der Waals surface area contributed by atoms with Crippen LogP contribution in [0.2, 0.25) is 0 Å². The molecule has 1 aromatic rings. The molecule has 1 aromatic carbocycles. The molecule has 1 heterocycles. The van der Waals surface area contributed by atoms with Crippen LogP contribution in [0.15, 0.2) is 24.3 Å². The molecular formula is C22H33N2O4+. The molecule has 2 fully saturated rings. The largest absolute Gasteiger partial charge is 0.449 e. The van der Waals surface area contributed by atoms with Crippen molar-refractivity contribution in [1.82, 2.24) is 5.32 Å².